The zero-order chi connectivity index (χ0) is 23.1. The van der Waals surface area contributed by atoms with Crippen molar-refractivity contribution in [2.75, 3.05) is 26.8 Å². The second-order valence-corrected chi connectivity index (χ2v) is 6.72. The van der Waals surface area contributed by atoms with E-state index in [4.69, 9.17) is 18.9 Å². The lowest BCUT2D eigenvalue weighted by molar-refractivity contribution is 0.0734. The van der Waals surface area contributed by atoms with Gasteiger partial charge in [0.25, 0.3) is 0 Å². The number of benzene rings is 2. The van der Waals surface area contributed by atoms with Gasteiger partial charge in [0.15, 0.2) is 11.5 Å². The Bertz CT molecular complexity index is 1080. The highest BCUT2D eigenvalue weighted by Gasteiger charge is 2.18. The van der Waals surface area contributed by atoms with Crippen molar-refractivity contribution in [2.45, 2.75) is 13.8 Å². The molecule has 3 aromatic rings. The average Bonchev–Trinajstić information content (AvgIpc) is 2.78. The molecule has 9 heteroatoms. The van der Waals surface area contributed by atoms with Crippen molar-refractivity contribution < 1.29 is 23.7 Å². The minimum absolute atomic E-state index is 0.266. The maximum Gasteiger partial charge on any atom is 0.343 e. The van der Waals surface area contributed by atoms with Gasteiger partial charge in [-0.1, -0.05) is 0 Å². The molecule has 0 saturated carbocycles. The van der Waals surface area contributed by atoms with Crippen molar-refractivity contribution in [3.8, 4) is 23.0 Å². The van der Waals surface area contributed by atoms with E-state index in [1.54, 1.807) is 30.5 Å². The number of nitrogens with zero attached hydrogens (tertiary/aromatic N) is 3. The van der Waals surface area contributed by atoms with Gasteiger partial charge in [-0.3, -0.25) is 0 Å². The number of nitrogens with one attached hydrogen (secondary N) is 1. The summed E-state index contributed by atoms with van der Waals surface area (Å²) in [5.74, 6) is 1.38. The lowest BCUT2D eigenvalue weighted by Crippen LogP contribution is -2.09. The number of ether oxygens (including phenoxy) is 4. The number of anilines is 1. The molecule has 0 unspecified atom stereocenters. The van der Waals surface area contributed by atoms with Gasteiger partial charge in [-0.15, -0.1) is 0 Å². The molecule has 0 fully saturated rings. The summed E-state index contributed by atoms with van der Waals surface area (Å²) in [7, 11) is 4.45. The summed E-state index contributed by atoms with van der Waals surface area (Å²) in [6.07, 6.45) is 1.62. The number of hydrogen-bond donors (Lipinski definition) is 1. The maximum atomic E-state index is 12.6. The Hall–Kier alpha value is -4.14. The highest BCUT2D eigenvalue weighted by molar-refractivity contribution is 5.93. The molecule has 0 amide bonds. The number of hydrogen-bond acceptors (Lipinski definition) is 9. The predicted molar refractivity (Wildman–Crippen MR) is 120 cm³/mol. The Morgan fingerprint density at radius 2 is 1.50 bits per heavy atom. The molecule has 0 radical (unpaired) electrons. The lowest BCUT2D eigenvalue weighted by atomic mass is 10.2. The minimum atomic E-state index is -0.556. The van der Waals surface area contributed by atoms with Crippen molar-refractivity contribution >= 4 is 18.1 Å². The van der Waals surface area contributed by atoms with Gasteiger partial charge in [-0.25, -0.2) is 20.2 Å². The molecule has 0 saturated heterocycles. The average molecular weight is 436 g/mol. The summed E-state index contributed by atoms with van der Waals surface area (Å²) < 4.78 is 21.3. The van der Waals surface area contributed by atoms with E-state index in [1.807, 2.05) is 19.9 Å². The molecule has 0 spiro atoms. The van der Waals surface area contributed by atoms with Gasteiger partial charge in [-0.2, -0.15) is 5.10 Å². The van der Waals surface area contributed by atoms with Crippen molar-refractivity contribution in [2.24, 2.45) is 5.10 Å². The molecule has 32 heavy (non-hydrogen) atoms. The number of esters is 1. The van der Waals surface area contributed by atoms with E-state index < -0.39 is 5.97 Å². The largest absolute Gasteiger partial charge is 0.493 e. The Morgan fingerprint density at radius 1 is 0.906 bits per heavy atom. The molecule has 1 aromatic heterocycles. The van der Waals surface area contributed by atoms with Crippen molar-refractivity contribution in [3.05, 3.63) is 65.0 Å². The van der Waals surface area contributed by atoms with Crippen LogP contribution in [0.2, 0.25) is 0 Å². The first-order valence-electron chi connectivity index (χ1n) is 9.67. The molecule has 0 bridgehead atoms. The van der Waals surface area contributed by atoms with Crippen molar-refractivity contribution in [3.63, 3.8) is 0 Å². The number of carbonyl (C=O) groups is 1. The van der Waals surface area contributed by atoms with Gasteiger partial charge in [0.1, 0.15) is 5.75 Å². The summed E-state index contributed by atoms with van der Waals surface area (Å²) in [4.78, 5) is 21.1. The number of hydrazone groups is 1. The molecule has 2 aromatic carbocycles. The second-order valence-electron chi connectivity index (χ2n) is 6.72. The fourth-order valence-corrected chi connectivity index (χ4v) is 2.93. The third-order valence-electron chi connectivity index (χ3n) is 4.35. The fraction of sp³-hybridized carbons (Fsp3) is 0.217. The van der Waals surface area contributed by atoms with E-state index in [2.05, 4.69) is 20.5 Å². The van der Waals surface area contributed by atoms with Crippen LogP contribution in [0.15, 0.2) is 47.6 Å². The third-order valence-corrected chi connectivity index (χ3v) is 4.35. The molecule has 9 nitrogen and oxygen atoms in total. The molecular formula is C23H24N4O5. The Morgan fingerprint density at radius 3 is 2.03 bits per heavy atom. The third kappa shape index (κ3) is 5.51. The molecule has 1 N–H and O–H groups in total. The number of rotatable bonds is 8. The smallest absolute Gasteiger partial charge is 0.343 e. The van der Waals surface area contributed by atoms with Crippen LogP contribution in [0.5, 0.6) is 23.0 Å². The molecule has 0 aliphatic rings. The predicted octanol–water partition coefficient (Wildman–Crippen LogP) is 3.78. The normalized spacial score (nSPS) is 10.7. The summed E-state index contributed by atoms with van der Waals surface area (Å²) in [5.41, 5.74) is 5.58. The Kier molecular flexibility index (Phi) is 7.22. The number of carbonyl (C=O) groups excluding carboxylic acids is 1. The van der Waals surface area contributed by atoms with Gasteiger partial charge in [0.05, 0.1) is 33.1 Å². The molecular weight excluding hydrogens is 412 g/mol. The first kappa shape index (κ1) is 22.5. The SMILES string of the molecule is COc1cc(C(=O)Oc2ccc(/C=N/Nc3nc(C)cc(C)n3)cc2)cc(OC)c1OC. The highest BCUT2D eigenvalue weighted by Crippen LogP contribution is 2.38. The summed E-state index contributed by atoms with van der Waals surface area (Å²) in [6, 6.07) is 11.8. The first-order valence-corrected chi connectivity index (χ1v) is 9.67. The molecule has 0 aliphatic heterocycles. The van der Waals surface area contributed by atoms with Crippen LogP contribution in [0.25, 0.3) is 0 Å². The van der Waals surface area contributed by atoms with E-state index in [-0.39, 0.29) is 5.56 Å². The Balaban J connectivity index is 1.67. The molecule has 3 rings (SSSR count). The van der Waals surface area contributed by atoms with E-state index in [0.29, 0.717) is 28.9 Å². The highest BCUT2D eigenvalue weighted by atomic mass is 16.5. The molecule has 0 aliphatic carbocycles. The van der Waals surface area contributed by atoms with E-state index in [0.717, 1.165) is 17.0 Å². The number of aromatic nitrogens is 2. The van der Waals surface area contributed by atoms with Crippen LogP contribution in [-0.4, -0.2) is 43.5 Å². The van der Waals surface area contributed by atoms with Gasteiger partial charge in [0, 0.05) is 11.4 Å². The topological polar surface area (TPSA) is 104 Å². The zero-order valence-corrected chi connectivity index (χ0v) is 18.5. The second kappa shape index (κ2) is 10.3. The van der Waals surface area contributed by atoms with Crippen LogP contribution in [0, 0.1) is 13.8 Å². The van der Waals surface area contributed by atoms with E-state index >= 15 is 0 Å². The van der Waals surface area contributed by atoms with Crippen LogP contribution in [0.3, 0.4) is 0 Å². The summed E-state index contributed by atoms with van der Waals surface area (Å²) in [6.45, 7) is 3.78. The standard InChI is InChI=1S/C23H24N4O5/c1-14-10-15(2)26-23(25-14)27-24-13-16-6-8-18(9-7-16)32-22(28)17-11-19(29-3)21(31-5)20(12-17)30-4/h6-13H,1-5H3,(H,25,26,27)/b24-13+. The first-order chi connectivity index (χ1) is 15.4. The summed E-state index contributed by atoms with van der Waals surface area (Å²) in [5, 5.41) is 4.14. The minimum Gasteiger partial charge on any atom is -0.493 e. The monoisotopic (exact) mass is 436 g/mol. The molecule has 0 atom stereocenters. The summed E-state index contributed by atoms with van der Waals surface area (Å²) >= 11 is 0. The molecule has 166 valence electrons. The van der Waals surface area contributed by atoms with Crippen LogP contribution in [-0.2, 0) is 0 Å². The molecule has 1 heterocycles. The van der Waals surface area contributed by atoms with Gasteiger partial charge in [-0.05, 0) is 61.9 Å². The van der Waals surface area contributed by atoms with Gasteiger partial charge in [0.2, 0.25) is 11.7 Å². The van der Waals surface area contributed by atoms with Gasteiger partial charge >= 0.3 is 5.97 Å². The van der Waals surface area contributed by atoms with Gasteiger partial charge < -0.3 is 18.9 Å². The van der Waals surface area contributed by atoms with Crippen LogP contribution < -0.4 is 24.4 Å². The quantitative estimate of drug-likeness (QED) is 0.246. The van der Waals surface area contributed by atoms with Crippen molar-refractivity contribution in [1.29, 1.82) is 0 Å². The fourth-order valence-electron chi connectivity index (χ4n) is 2.93. The Labute approximate surface area is 186 Å². The van der Waals surface area contributed by atoms with E-state index in [1.165, 1.54) is 33.5 Å². The number of methoxy groups -OCH3 is 3. The number of aryl methyl sites for hydroxylation is 2. The van der Waals surface area contributed by atoms with Crippen LogP contribution in [0.4, 0.5) is 5.95 Å². The van der Waals surface area contributed by atoms with E-state index in [9.17, 15) is 4.79 Å². The maximum absolute atomic E-state index is 12.6. The zero-order valence-electron chi connectivity index (χ0n) is 18.5. The van der Waals surface area contributed by atoms with Crippen LogP contribution in [0.1, 0.15) is 27.3 Å². The van der Waals surface area contributed by atoms with Crippen LogP contribution >= 0.6 is 0 Å². The lowest BCUT2D eigenvalue weighted by Gasteiger charge is -2.13. The van der Waals surface area contributed by atoms with Crippen molar-refractivity contribution in [1.82, 2.24) is 9.97 Å².